The number of hydrogen-bond donors (Lipinski definition) is 1. The van der Waals surface area contributed by atoms with Crippen molar-refractivity contribution in [2.45, 2.75) is 46.1 Å². The minimum atomic E-state index is -0.489. The number of carbonyl (C=O) groups excluding carboxylic acids is 2. The van der Waals surface area contributed by atoms with E-state index in [1.807, 2.05) is 0 Å². The Morgan fingerprint density at radius 3 is 2.33 bits per heavy atom. The van der Waals surface area contributed by atoms with Gasteiger partial charge in [-0.25, -0.2) is 0 Å². The van der Waals surface area contributed by atoms with Gasteiger partial charge in [-0.3, -0.25) is 9.59 Å². The smallest absolute Gasteiger partial charge is 0.309 e. The maximum Gasteiger partial charge on any atom is 0.309 e. The van der Waals surface area contributed by atoms with Gasteiger partial charge in [-0.2, -0.15) is 0 Å². The van der Waals surface area contributed by atoms with Gasteiger partial charge in [-0.15, -0.1) is 0 Å². The van der Waals surface area contributed by atoms with Gasteiger partial charge in [0.25, 0.3) is 0 Å². The van der Waals surface area contributed by atoms with E-state index in [9.17, 15) is 9.59 Å². The summed E-state index contributed by atoms with van der Waals surface area (Å²) in [4.78, 5) is 22.3. The third-order valence-electron chi connectivity index (χ3n) is 1.79. The number of carbonyl (C=O) groups is 2. The maximum atomic E-state index is 11.5. The van der Waals surface area contributed by atoms with E-state index in [2.05, 4.69) is 0 Å². The maximum absolute atomic E-state index is 11.5. The van der Waals surface area contributed by atoms with Gasteiger partial charge in [-0.1, -0.05) is 6.92 Å². The highest BCUT2D eigenvalue weighted by Crippen LogP contribution is 2.14. The lowest BCUT2D eigenvalue weighted by Crippen LogP contribution is -2.27. The SMILES string of the molecule is C[C@@H](CCC(=O)C=N)C(=O)OC(C)(C)C. The summed E-state index contributed by atoms with van der Waals surface area (Å²) in [5.74, 6) is -0.848. The van der Waals surface area contributed by atoms with Crippen LogP contribution in [0.1, 0.15) is 40.5 Å². The van der Waals surface area contributed by atoms with Crippen LogP contribution in [0.5, 0.6) is 0 Å². The summed E-state index contributed by atoms with van der Waals surface area (Å²) in [6.45, 7) is 7.15. The van der Waals surface area contributed by atoms with Crippen molar-refractivity contribution in [3.8, 4) is 0 Å². The molecule has 4 heteroatoms. The topological polar surface area (TPSA) is 67.2 Å². The van der Waals surface area contributed by atoms with Crippen LogP contribution in [0.3, 0.4) is 0 Å². The molecule has 0 amide bonds. The molecule has 0 bridgehead atoms. The van der Waals surface area contributed by atoms with E-state index in [1.54, 1.807) is 27.7 Å². The first-order chi connectivity index (χ1) is 6.76. The summed E-state index contributed by atoms with van der Waals surface area (Å²) in [6, 6.07) is 0. The van der Waals surface area contributed by atoms with E-state index in [-0.39, 0.29) is 24.1 Å². The Kier molecular flexibility index (Phi) is 5.19. The standard InChI is InChI=1S/C11H19NO3/c1-8(5-6-9(13)7-12)10(14)15-11(2,3)4/h7-8,12H,5-6H2,1-4H3/t8-/m0/s1. The Morgan fingerprint density at radius 2 is 1.93 bits per heavy atom. The van der Waals surface area contributed by atoms with Crippen LogP contribution in [-0.2, 0) is 14.3 Å². The third kappa shape index (κ3) is 6.82. The molecule has 4 nitrogen and oxygen atoms in total. The Balaban J connectivity index is 4.00. The summed E-state index contributed by atoms with van der Waals surface area (Å²) in [7, 11) is 0. The lowest BCUT2D eigenvalue weighted by atomic mass is 10.0. The summed E-state index contributed by atoms with van der Waals surface area (Å²) in [6.07, 6.45) is 1.44. The third-order valence-corrected chi connectivity index (χ3v) is 1.79. The van der Waals surface area contributed by atoms with Crippen molar-refractivity contribution >= 4 is 18.0 Å². The van der Waals surface area contributed by atoms with Crippen molar-refractivity contribution in [3.63, 3.8) is 0 Å². The molecular weight excluding hydrogens is 194 g/mol. The molecule has 15 heavy (non-hydrogen) atoms. The highest BCUT2D eigenvalue weighted by molar-refractivity contribution is 6.26. The van der Waals surface area contributed by atoms with E-state index < -0.39 is 5.60 Å². The molecule has 0 aliphatic heterocycles. The van der Waals surface area contributed by atoms with Gasteiger partial charge in [0, 0.05) is 6.42 Å². The minimum absolute atomic E-state index is 0.226. The number of esters is 1. The predicted molar refractivity (Wildman–Crippen MR) is 58.0 cm³/mol. The van der Waals surface area contributed by atoms with E-state index in [0.717, 1.165) is 6.21 Å². The van der Waals surface area contributed by atoms with Crippen LogP contribution in [0.2, 0.25) is 0 Å². The van der Waals surface area contributed by atoms with Crippen LogP contribution in [0.4, 0.5) is 0 Å². The molecule has 0 rings (SSSR count). The number of nitrogens with one attached hydrogen (secondary N) is 1. The van der Waals surface area contributed by atoms with Crippen molar-refractivity contribution in [1.29, 1.82) is 5.41 Å². The van der Waals surface area contributed by atoms with E-state index in [1.165, 1.54) is 0 Å². The van der Waals surface area contributed by atoms with Crippen molar-refractivity contribution < 1.29 is 14.3 Å². The van der Waals surface area contributed by atoms with E-state index >= 15 is 0 Å². The molecule has 0 saturated heterocycles. The molecule has 0 radical (unpaired) electrons. The van der Waals surface area contributed by atoms with Gasteiger partial charge in [0.1, 0.15) is 5.60 Å². The molecule has 0 spiro atoms. The summed E-state index contributed by atoms with van der Waals surface area (Å²) >= 11 is 0. The number of hydrogen-bond acceptors (Lipinski definition) is 4. The van der Waals surface area contributed by atoms with Crippen molar-refractivity contribution in [3.05, 3.63) is 0 Å². The minimum Gasteiger partial charge on any atom is -0.460 e. The first-order valence-electron chi connectivity index (χ1n) is 5.02. The quantitative estimate of drug-likeness (QED) is 0.560. The molecule has 0 aromatic heterocycles. The van der Waals surface area contributed by atoms with Gasteiger partial charge < -0.3 is 10.1 Å². The van der Waals surface area contributed by atoms with Gasteiger partial charge >= 0.3 is 5.97 Å². The molecule has 0 aliphatic carbocycles. The fourth-order valence-corrected chi connectivity index (χ4v) is 0.951. The largest absolute Gasteiger partial charge is 0.460 e. The second-order valence-corrected chi connectivity index (χ2v) is 4.58. The molecule has 0 aromatic rings. The molecule has 1 N–H and O–H groups in total. The number of Topliss-reactive ketones (excluding diaryl/α,β-unsaturated/α-hetero) is 1. The molecule has 0 aromatic carbocycles. The normalized spacial score (nSPS) is 13.1. The molecule has 0 saturated carbocycles. The molecular formula is C11H19NO3. The van der Waals surface area contributed by atoms with Crippen LogP contribution < -0.4 is 0 Å². The van der Waals surface area contributed by atoms with Crippen molar-refractivity contribution in [1.82, 2.24) is 0 Å². The Morgan fingerprint density at radius 1 is 1.40 bits per heavy atom. The Hall–Kier alpha value is -1.19. The zero-order valence-corrected chi connectivity index (χ0v) is 9.79. The average Bonchev–Trinajstić information content (AvgIpc) is 2.10. The van der Waals surface area contributed by atoms with Gasteiger partial charge in [-0.05, 0) is 27.2 Å². The highest BCUT2D eigenvalue weighted by atomic mass is 16.6. The zero-order valence-electron chi connectivity index (χ0n) is 9.79. The lowest BCUT2D eigenvalue weighted by molar-refractivity contribution is -0.159. The van der Waals surface area contributed by atoms with Crippen LogP contribution in [0.25, 0.3) is 0 Å². The second-order valence-electron chi connectivity index (χ2n) is 4.58. The first-order valence-corrected chi connectivity index (χ1v) is 5.02. The number of ketones is 1. The van der Waals surface area contributed by atoms with Crippen molar-refractivity contribution in [2.24, 2.45) is 5.92 Å². The van der Waals surface area contributed by atoms with E-state index in [0.29, 0.717) is 6.42 Å². The predicted octanol–water partition coefficient (Wildman–Crippen LogP) is 1.96. The molecule has 0 aliphatic rings. The summed E-state index contributed by atoms with van der Waals surface area (Å²) in [5.41, 5.74) is -0.489. The van der Waals surface area contributed by atoms with Gasteiger partial charge in [0.05, 0.1) is 12.1 Å². The Labute approximate surface area is 90.5 Å². The second kappa shape index (κ2) is 5.63. The zero-order chi connectivity index (χ0) is 12.1. The van der Waals surface area contributed by atoms with E-state index in [4.69, 9.17) is 10.1 Å². The fourth-order valence-electron chi connectivity index (χ4n) is 0.951. The van der Waals surface area contributed by atoms with Crippen molar-refractivity contribution in [2.75, 3.05) is 0 Å². The van der Waals surface area contributed by atoms with Crippen LogP contribution in [-0.4, -0.2) is 23.6 Å². The van der Waals surface area contributed by atoms with Crippen LogP contribution >= 0.6 is 0 Å². The summed E-state index contributed by atoms with van der Waals surface area (Å²) < 4.78 is 5.16. The Bertz CT molecular complexity index is 253. The van der Waals surface area contributed by atoms with Crippen LogP contribution in [0, 0.1) is 11.3 Å². The first kappa shape index (κ1) is 13.8. The number of rotatable bonds is 5. The molecule has 0 heterocycles. The number of ether oxygens (including phenoxy) is 1. The monoisotopic (exact) mass is 213 g/mol. The summed E-state index contributed by atoms with van der Waals surface area (Å²) in [5, 5.41) is 6.71. The fraction of sp³-hybridized carbons (Fsp3) is 0.727. The average molecular weight is 213 g/mol. The van der Waals surface area contributed by atoms with Crippen LogP contribution in [0.15, 0.2) is 0 Å². The molecule has 1 atom stereocenters. The highest BCUT2D eigenvalue weighted by Gasteiger charge is 2.21. The molecule has 0 unspecified atom stereocenters. The van der Waals surface area contributed by atoms with Gasteiger partial charge in [0.2, 0.25) is 0 Å². The molecule has 0 fully saturated rings. The van der Waals surface area contributed by atoms with Gasteiger partial charge in [0.15, 0.2) is 5.78 Å². The molecule has 86 valence electrons. The lowest BCUT2D eigenvalue weighted by Gasteiger charge is -2.22.